The number of aryl methyl sites for hydroxylation is 1. The van der Waals surface area contributed by atoms with Gasteiger partial charge in [0.25, 0.3) is 0 Å². The molecular formula is C13H14N2O3. The lowest BCUT2D eigenvalue weighted by atomic mass is 10.2. The van der Waals surface area contributed by atoms with E-state index in [2.05, 4.69) is 14.9 Å². The Morgan fingerprint density at radius 1 is 1.33 bits per heavy atom. The van der Waals surface area contributed by atoms with Gasteiger partial charge in [0.15, 0.2) is 11.4 Å². The average Bonchev–Trinajstić information content (AvgIpc) is 2.78. The third kappa shape index (κ3) is 2.51. The molecule has 94 valence electrons. The number of rotatable bonds is 4. The molecule has 5 nitrogen and oxygen atoms in total. The molecule has 0 saturated carbocycles. The van der Waals surface area contributed by atoms with E-state index in [0.29, 0.717) is 18.1 Å². The fraction of sp³-hybridized carbons (Fsp3) is 0.231. The summed E-state index contributed by atoms with van der Waals surface area (Å²) in [6.45, 7) is 2.15. The van der Waals surface area contributed by atoms with Crippen molar-refractivity contribution in [1.29, 1.82) is 0 Å². The van der Waals surface area contributed by atoms with Crippen LogP contribution in [0, 0.1) is 6.92 Å². The first-order chi connectivity index (χ1) is 8.72. The summed E-state index contributed by atoms with van der Waals surface area (Å²) in [5.74, 6) is -0.0515. The van der Waals surface area contributed by atoms with Crippen molar-refractivity contribution >= 4 is 5.97 Å². The summed E-state index contributed by atoms with van der Waals surface area (Å²) < 4.78 is 10.3. The van der Waals surface area contributed by atoms with Crippen LogP contribution < -0.4 is 4.74 Å². The van der Waals surface area contributed by atoms with Crippen molar-refractivity contribution in [2.45, 2.75) is 13.5 Å². The van der Waals surface area contributed by atoms with E-state index in [1.54, 1.807) is 6.92 Å². The van der Waals surface area contributed by atoms with Crippen LogP contribution >= 0.6 is 0 Å². The first kappa shape index (κ1) is 12.2. The second-order valence-electron chi connectivity index (χ2n) is 3.78. The number of ether oxygens (including phenoxy) is 2. The van der Waals surface area contributed by atoms with Gasteiger partial charge in [-0.1, -0.05) is 30.3 Å². The number of hydrogen-bond acceptors (Lipinski definition) is 4. The van der Waals surface area contributed by atoms with E-state index in [1.165, 1.54) is 7.11 Å². The second kappa shape index (κ2) is 5.35. The molecule has 0 atom stereocenters. The zero-order valence-corrected chi connectivity index (χ0v) is 10.3. The van der Waals surface area contributed by atoms with Gasteiger partial charge in [0.1, 0.15) is 12.3 Å². The first-order valence-electron chi connectivity index (χ1n) is 5.52. The number of carbonyl (C=O) groups is 1. The number of benzene rings is 1. The number of aromatic amines is 1. The summed E-state index contributed by atoms with van der Waals surface area (Å²) >= 11 is 0. The summed E-state index contributed by atoms with van der Waals surface area (Å²) in [4.78, 5) is 11.5. The fourth-order valence-corrected chi connectivity index (χ4v) is 1.57. The number of nitrogens with zero attached hydrogens (tertiary/aromatic N) is 1. The smallest absolute Gasteiger partial charge is 0.359 e. The lowest BCUT2D eigenvalue weighted by Gasteiger charge is -2.06. The summed E-state index contributed by atoms with van der Waals surface area (Å²) in [5.41, 5.74) is 1.89. The molecule has 18 heavy (non-hydrogen) atoms. The van der Waals surface area contributed by atoms with Crippen LogP contribution in [0.5, 0.6) is 5.75 Å². The highest BCUT2D eigenvalue weighted by Gasteiger charge is 2.18. The number of aromatic nitrogens is 2. The molecule has 1 heterocycles. The van der Waals surface area contributed by atoms with E-state index in [0.717, 1.165) is 5.56 Å². The molecule has 0 fully saturated rings. The molecule has 1 aromatic heterocycles. The highest BCUT2D eigenvalue weighted by atomic mass is 16.5. The number of H-pyrrole nitrogens is 1. The Bertz CT molecular complexity index is 534. The Balaban J connectivity index is 2.14. The van der Waals surface area contributed by atoms with Crippen molar-refractivity contribution in [3.63, 3.8) is 0 Å². The van der Waals surface area contributed by atoms with E-state index in [4.69, 9.17) is 4.74 Å². The standard InChI is InChI=1S/C13H14N2O3/c1-9-12(11(15-14-9)13(16)17-2)18-8-10-6-4-3-5-7-10/h3-7H,8H2,1-2H3,(H,14,15). The molecule has 2 aromatic rings. The molecule has 0 aliphatic rings. The quantitative estimate of drug-likeness (QED) is 0.839. The molecule has 5 heteroatoms. The van der Waals surface area contributed by atoms with Crippen molar-refractivity contribution in [2.75, 3.05) is 7.11 Å². The highest BCUT2D eigenvalue weighted by molar-refractivity contribution is 5.90. The maximum Gasteiger partial charge on any atom is 0.359 e. The minimum atomic E-state index is -0.487. The van der Waals surface area contributed by atoms with Crippen molar-refractivity contribution in [1.82, 2.24) is 10.2 Å². The van der Waals surface area contributed by atoms with E-state index >= 15 is 0 Å². The Hall–Kier alpha value is -2.30. The second-order valence-corrected chi connectivity index (χ2v) is 3.78. The van der Waals surface area contributed by atoms with Crippen LogP contribution in [-0.4, -0.2) is 23.3 Å². The Labute approximate surface area is 105 Å². The number of nitrogens with one attached hydrogen (secondary N) is 1. The van der Waals surface area contributed by atoms with E-state index in [9.17, 15) is 4.79 Å². The normalized spacial score (nSPS) is 10.1. The van der Waals surface area contributed by atoms with Gasteiger partial charge in [0, 0.05) is 0 Å². The Morgan fingerprint density at radius 2 is 2.06 bits per heavy atom. The molecule has 1 aromatic carbocycles. The lowest BCUT2D eigenvalue weighted by Crippen LogP contribution is -2.05. The minimum absolute atomic E-state index is 0.242. The maximum absolute atomic E-state index is 11.5. The molecule has 0 aliphatic heterocycles. The number of carbonyl (C=O) groups excluding carboxylic acids is 1. The van der Waals surface area contributed by atoms with Gasteiger partial charge >= 0.3 is 5.97 Å². The number of esters is 1. The molecule has 0 amide bonds. The van der Waals surface area contributed by atoms with Crippen LogP contribution in [0.2, 0.25) is 0 Å². The van der Waals surface area contributed by atoms with Gasteiger partial charge in [-0.2, -0.15) is 5.10 Å². The average molecular weight is 246 g/mol. The van der Waals surface area contributed by atoms with E-state index in [1.807, 2.05) is 30.3 Å². The van der Waals surface area contributed by atoms with Crippen molar-refractivity contribution in [3.8, 4) is 5.75 Å². The summed E-state index contributed by atoms with van der Waals surface area (Å²) in [5, 5.41) is 6.56. The highest BCUT2D eigenvalue weighted by Crippen LogP contribution is 2.22. The van der Waals surface area contributed by atoms with Crippen LogP contribution in [0.1, 0.15) is 21.7 Å². The molecular weight excluding hydrogens is 232 g/mol. The molecule has 0 radical (unpaired) electrons. The summed E-state index contributed by atoms with van der Waals surface area (Å²) in [6.07, 6.45) is 0. The van der Waals surface area contributed by atoms with Crippen molar-refractivity contribution in [2.24, 2.45) is 0 Å². The first-order valence-corrected chi connectivity index (χ1v) is 5.52. The predicted molar refractivity (Wildman–Crippen MR) is 65.4 cm³/mol. The van der Waals surface area contributed by atoms with E-state index < -0.39 is 5.97 Å². The van der Waals surface area contributed by atoms with Crippen molar-refractivity contribution < 1.29 is 14.3 Å². The number of methoxy groups -OCH3 is 1. The molecule has 0 spiro atoms. The largest absolute Gasteiger partial charge is 0.484 e. The molecule has 0 saturated heterocycles. The third-order valence-electron chi connectivity index (χ3n) is 2.51. The van der Waals surface area contributed by atoms with Gasteiger partial charge in [-0.3, -0.25) is 5.10 Å². The lowest BCUT2D eigenvalue weighted by molar-refractivity contribution is 0.0588. The summed E-state index contributed by atoms with van der Waals surface area (Å²) in [6, 6.07) is 9.71. The van der Waals surface area contributed by atoms with Crippen LogP contribution in [0.15, 0.2) is 30.3 Å². The summed E-state index contributed by atoms with van der Waals surface area (Å²) in [7, 11) is 1.32. The van der Waals surface area contributed by atoms with Gasteiger partial charge in [-0.25, -0.2) is 4.79 Å². The SMILES string of the molecule is COC(=O)c1[nH]nc(C)c1OCc1ccccc1. The molecule has 1 N–H and O–H groups in total. The Morgan fingerprint density at radius 3 is 2.72 bits per heavy atom. The molecule has 0 unspecified atom stereocenters. The van der Waals surface area contributed by atoms with Gasteiger partial charge in [-0.05, 0) is 12.5 Å². The van der Waals surface area contributed by atoms with Gasteiger partial charge < -0.3 is 9.47 Å². The van der Waals surface area contributed by atoms with Gasteiger partial charge in [0.05, 0.1) is 7.11 Å². The van der Waals surface area contributed by atoms with Gasteiger partial charge in [-0.15, -0.1) is 0 Å². The fourth-order valence-electron chi connectivity index (χ4n) is 1.57. The van der Waals surface area contributed by atoms with Crippen LogP contribution in [0.4, 0.5) is 0 Å². The maximum atomic E-state index is 11.5. The molecule has 0 aliphatic carbocycles. The third-order valence-corrected chi connectivity index (χ3v) is 2.51. The zero-order chi connectivity index (χ0) is 13.0. The Kier molecular flexibility index (Phi) is 3.62. The van der Waals surface area contributed by atoms with Crippen LogP contribution in [0.3, 0.4) is 0 Å². The monoisotopic (exact) mass is 246 g/mol. The van der Waals surface area contributed by atoms with Crippen molar-refractivity contribution in [3.05, 3.63) is 47.3 Å². The van der Waals surface area contributed by atoms with Gasteiger partial charge in [0.2, 0.25) is 0 Å². The molecule has 0 bridgehead atoms. The zero-order valence-electron chi connectivity index (χ0n) is 10.3. The molecule has 2 rings (SSSR count). The topological polar surface area (TPSA) is 64.2 Å². The van der Waals surface area contributed by atoms with Crippen LogP contribution in [-0.2, 0) is 11.3 Å². The van der Waals surface area contributed by atoms with E-state index in [-0.39, 0.29) is 5.69 Å². The predicted octanol–water partition coefficient (Wildman–Crippen LogP) is 2.08. The van der Waals surface area contributed by atoms with Crippen LogP contribution in [0.25, 0.3) is 0 Å². The minimum Gasteiger partial charge on any atom is -0.484 e. The number of hydrogen-bond donors (Lipinski definition) is 1.